The number of hydrogen-bond acceptors (Lipinski definition) is 6. The van der Waals surface area contributed by atoms with E-state index in [1.807, 2.05) is 24.3 Å². The Balaban J connectivity index is 1.47. The number of halogens is 1. The summed E-state index contributed by atoms with van der Waals surface area (Å²) in [4.78, 5) is 32.2. The van der Waals surface area contributed by atoms with E-state index in [0.29, 0.717) is 22.0 Å². The van der Waals surface area contributed by atoms with Gasteiger partial charge in [-0.25, -0.2) is 4.98 Å². The van der Waals surface area contributed by atoms with E-state index < -0.39 is 0 Å². The van der Waals surface area contributed by atoms with Gasteiger partial charge < -0.3 is 9.47 Å². The number of fused-ring (bicyclic) bond motifs is 5. The van der Waals surface area contributed by atoms with Crippen molar-refractivity contribution in [2.45, 2.75) is 51.2 Å². The van der Waals surface area contributed by atoms with E-state index in [1.54, 1.807) is 11.3 Å². The molecule has 6 rings (SSSR count). The predicted octanol–water partition coefficient (Wildman–Crippen LogP) is 5.07. The number of allylic oxidation sites excluding steroid dienone is 1. The van der Waals surface area contributed by atoms with E-state index in [2.05, 4.69) is 6.92 Å². The van der Waals surface area contributed by atoms with Crippen molar-refractivity contribution in [3.63, 3.8) is 0 Å². The molecule has 4 aliphatic rings. The third kappa shape index (κ3) is 3.11. The van der Waals surface area contributed by atoms with Crippen molar-refractivity contribution < 1.29 is 19.1 Å². The highest BCUT2D eigenvalue weighted by atomic mass is 35.5. The lowest BCUT2D eigenvalue weighted by Gasteiger charge is -2.21. The first kappa shape index (κ1) is 19.6. The molecule has 1 aromatic carbocycles. The maximum atomic E-state index is 13.6. The van der Waals surface area contributed by atoms with Gasteiger partial charge in [-0.2, -0.15) is 0 Å². The highest BCUT2D eigenvalue weighted by Crippen LogP contribution is 2.55. The number of hydrogen-bond donors (Lipinski definition) is 0. The monoisotopic (exact) mass is 455 g/mol. The van der Waals surface area contributed by atoms with Crippen LogP contribution in [0, 0.1) is 17.8 Å². The number of aromatic nitrogens is 1. The van der Waals surface area contributed by atoms with Gasteiger partial charge in [0.1, 0.15) is 10.8 Å². The van der Waals surface area contributed by atoms with Crippen molar-refractivity contribution in [1.82, 2.24) is 4.98 Å². The molecule has 0 unspecified atom stereocenters. The lowest BCUT2D eigenvalue weighted by Crippen LogP contribution is -2.30. The number of thiazole rings is 1. The van der Waals surface area contributed by atoms with Crippen molar-refractivity contribution in [3.05, 3.63) is 45.6 Å². The summed E-state index contributed by atoms with van der Waals surface area (Å²) in [5.41, 5.74) is 2.15. The Labute approximate surface area is 189 Å². The Bertz CT molecular complexity index is 1120. The first-order chi connectivity index (χ1) is 15.0. The molecule has 1 aromatic heterocycles. The van der Waals surface area contributed by atoms with Crippen LogP contribution in [0.4, 0.5) is 0 Å². The first-order valence-electron chi connectivity index (χ1n) is 11.0. The Hall–Kier alpha value is -2.02. The average Bonchev–Trinajstić information content (AvgIpc) is 3.10. The van der Waals surface area contributed by atoms with E-state index in [1.165, 1.54) is 0 Å². The molecule has 31 heavy (non-hydrogen) atoms. The Kier molecular flexibility index (Phi) is 4.60. The quantitative estimate of drug-likeness (QED) is 0.589. The van der Waals surface area contributed by atoms with E-state index >= 15 is 0 Å². The van der Waals surface area contributed by atoms with Crippen LogP contribution in [-0.4, -0.2) is 28.9 Å². The smallest absolute Gasteiger partial charge is 0.314 e. The third-order valence-corrected chi connectivity index (χ3v) is 8.34. The van der Waals surface area contributed by atoms with Gasteiger partial charge in [-0.1, -0.05) is 30.7 Å². The van der Waals surface area contributed by atoms with E-state index in [9.17, 15) is 9.59 Å². The minimum atomic E-state index is -0.249. The number of ether oxygens (including phenoxy) is 2. The van der Waals surface area contributed by atoms with Gasteiger partial charge in [0.2, 0.25) is 0 Å². The lowest BCUT2D eigenvalue weighted by molar-refractivity contribution is -0.142. The van der Waals surface area contributed by atoms with E-state index in [-0.39, 0.29) is 41.7 Å². The van der Waals surface area contributed by atoms with Gasteiger partial charge in [0.15, 0.2) is 5.78 Å². The van der Waals surface area contributed by atoms with E-state index in [0.717, 1.165) is 47.6 Å². The molecule has 0 spiro atoms. The highest BCUT2D eigenvalue weighted by Gasteiger charge is 2.60. The largest absolute Gasteiger partial charge is 0.430 e. The molecule has 3 fully saturated rings. The third-order valence-electron chi connectivity index (χ3n) is 6.84. The summed E-state index contributed by atoms with van der Waals surface area (Å²) in [7, 11) is 0. The maximum Gasteiger partial charge on any atom is 0.314 e. The Morgan fingerprint density at radius 1 is 1.16 bits per heavy atom. The van der Waals surface area contributed by atoms with Gasteiger partial charge >= 0.3 is 5.97 Å². The number of aryl methyl sites for hydroxylation is 1. The number of ketones is 1. The van der Waals surface area contributed by atoms with Crippen LogP contribution >= 0.6 is 22.9 Å². The molecular formula is C24H22ClNO4S. The number of esters is 1. The van der Waals surface area contributed by atoms with E-state index in [4.69, 9.17) is 26.1 Å². The molecule has 4 atom stereocenters. The number of rotatable bonds is 5. The fraction of sp³-hybridized carbons (Fsp3) is 0.458. The number of Topliss-reactive ketones (excluding diaryl/α,β-unsaturated/α-hetero) is 1. The molecule has 160 valence electrons. The normalized spacial score (nSPS) is 29.0. The molecule has 1 saturated carbocycles. The molecule has 2 saturated heterocycles. The second kappa shape index (κ2) is 7.26. The van der Waals surface area contributed by atoms with Crippen LogP contribution in [0.2, 0.25) is 5.02 Å². The van der Waals surface area contributed by atoms with Crippen molar-refractivity contribution in [3.8, 4) is 10.6 Å². The molecule has 5 nitrogen and oxygen atoms in total. The van der Waals surface area contributed by atoms with Crippen molar-refractivity contribution >= 4 is 40.3 Å². The molecule has 2 bridgehead atoms. The second-order valence-electron chi connectivity index (χ2n) is 8.79. The zero-order valence-corrected chi connectivity index (χ0v) is 18.7. The van der Waals surface area contributed by atoms with Gasteiger partial charge in [0.25, 0.3) is 0 Å². The van der Waals surface area contributed by atoms with Gasteiger partial charge in [-0.3, -0.25) is 9.59 Å². The van der Waals surface area contributed by atoms with Crippen LogP contribution in [0.15, 0.2) is 30.0 Å². The summed E-state index contributed by atoms with van der Waals surface area (Å²) >= 11 is 7.62. The van der Waals surface area contributed by atoms with Crippen LogP contribution in [0.1, 0.15) is 43.2 Å². The summed E-state index contributed by atoms with van der Waals surface area (Å²) < 4.78 is 12.0. The molecule has 0 amide bonds. The summed E-state index contributed by atoms with van der Waals surface area (Å²) in [6.07, 6.45) is 4.16. The second-order valence-corrected chi connectivity index (χ2v) is 10.3. The Morgan fingerprint density at radius 3 is 2.55 bits per heavy atom. The number of nitrogens with zero attached hydrogens (tertiary/aromatic N) is 1. The van der Waals surface area contributed by atoms with Gasteiger partial charge in [-0.15, -0.1) is 11.3 Å². The molecule has 0 N–H and O–H groups in total. The molecule has 2 aromatic rings. The van der Waals surface area contributed by atoms with Crippen LogP contribution in [0.3, 0.4) is 0 Å². The van der Waals surface area contributed by atoms with Gasteiger partial charge in [-0.05, 0) is 44.2 Å². The van der Waals surface area contributed by atoms with Crippen LogP contribution in [0.25, 0.3) is 16.1 Å². The van der Waals surface area contributed by atoms with Gasteiger partial charge in [0, 0.05) is 15.5 Å². The molecule has 2 aliphatic carbocycles. The summed E-state index contributed by atoms with van der Waals surface area (Å²) in [6.45, 7) is 2.06. The number of carbonyl (C=O) groups is 2. The Morgan fingerprint density at radius 2 is 1.87 bits per heavy atom. The lowest BCUT2D eigenvalue weighted by atomic mass is 9.80. The maximum absolute atomic E-state index is 13.6. The summed E-state index contributed by atoms with van der Waals surface area (Å²) in [5.74, 6) is -0.112. The SMILES string of the molecule is CCc1sc(-c2ccc(Cl)cc2)nc1C1=C(OC(=O)C2CC2)[C@@H]2[C@H](C1=O)[C@@H]1CC[C@H]2O1. The zero-order chi connectivity index (χ0) is 21.3. The number of carbonyl (C=O) groups excluding carboxylic acids is 2. The standard InChI is InChI=1S/C24H22ClNO4S/c1-2-16-20(26-23(31-16)11-5-7-13(25)8-6-11)19-21(27)17-14-9-10-15(29-14)18(17)22(19)30-24(28)12-3-4-12/h5-8,12,14-15,17-18H,2-4,9-10H2,1H3/t14-,15+,17+,18-/m0/s1. The first-order valence-corrected chi connectivity index (χ1v) is 12.2. The molecule has 7 heteroatoms. The number of benzene rings is 1. The summed E-state index contributed by atoms with van der Waals surface area (Å²) in [5, 5.41) is 1.51. The van der Waals surface area contributed by atoms with Crippen LogP contribution in [0.5, 0.6) is 0 Å². The fourth-order valence-electron chi connectivity index (χ4n) is 5.16. The summed E-state index contributed by atoms with van der Waals surface area (Å²) in [6, 6.07) is 7.55. The fourth-order valence-corrected chi connectivity index (χ4v) is 6.30. The highest BCUT2D eigenvalue weighted by molar-refractivity contribution is 7.15. The van der Waals surface area contributed by atoms with Crippen molar-refractivity contribution in [2.24, 2.45) is 17.8 Å². The minimum absolute atomic E-state index is 0.0263. The van der Waals surface area contributed by atoms with Crippen LogP contribution < -0.4 is 0 Å². The topological polar surface area (TPSA) is 65.5 Å². The minimum Gasteiger partial charge on any atom is -0.430 e. The molecule has 0 radical (unpaired) electrons. The van der Waals surface area contributed by atoms with Crippen LogP contribution in [-0.2, 0) is 25.5 Å². The molecule has 2 aliphatic heterocycles. The van der Waals surface area contributed by atoms with Crippen molar-refractivity contribution in [2.75, 3.05) is 0 Å². The average molecular weight is 456 g/mol. The molecule has 3 heterocycles. The predicted molar refractivity (Wildman–Crippen MR) is 118 cm³/mol. The van der Waals surface area contributed by atoms with Crippen molar-refractivity contribution in [1.29, 1.82) is 0 Å². The molecular weight excluding hydrogens is 434 g/mol. The zero-order valence-electron chi connectivity index (χ0n) is 17.1. The van der Waals surface area contributed by atoms with Gasteiger partial charge in [0.05, 0.1) is 41.2 Å².